The molecule has 1 amide bonds. The van der Waals surface area contributed by atoms with Gasteiger partial charge in [0.15, 0.2) is 24.1 Å². The Labute approximate surface area is 281 Å². The lowest BCUT2D eigenvalue weighted by atomic mass is 9.83. The number of hydrogen-bond acceptors (Lipinski definition) is 19. The van der Waals surface area contributed by atoms with Gasteiger partial charge in [-0.3, -0.25) is 10.2 Å². The SMILES string of the molecule is N=C(N)NC1CC1(O)C(=O)N[C@@H]1C[C@H](N)C(O[C@H]2O[C@H](CN)[C@@H](O)[C@H](O)[C@H]2NCC(O)CCN)[C@H](O)[C@H]1O[C@H]1O[C@H](CO)[C@@H](O)[C@H](N)[C@H]1O. The predicted octanol–water partition coefficient (Wildman–Crippen LogP) is -9.84. The van der Waals surface area contributed by atoms with Crippen molar-refractivity contribution in [3.63, 3.8) is 0 Å². The number of amides is 1. The number of hydrogen-bond donors (Lipinski definition) is 17. The second kappa shape index (κ2) is 16.6. The molecule has 18 atom stereocenters. The summed E-state index contributed by atoms with van der Waals surface area (Å²) in [5, 5.41) is 100. The van der Waals surface area contributed by atoms with Gasteiger partial charge in [0.25, 0.3) is 5.91 Å². The van der Waals surface area contributed by atoms with Crippen molar-refractivity contribution in [3.05, 3.63) is 0 Å². The van der Waals surface area contributed by atoms with Crippen LogP contribution < -0.4 is 44.6 Å². The van der Waals surface area contributed by atoms with Gasteiger partial charge in [0.2, 0.25) is 0 Å². The van der Waals surface area contributed by atoms with E-state index in [1.807, 2.05) is 0 Å². The summed E-state index contributed by atoms with van der Waals surface area (Å²) in [6.07, 6.45) is -17.2. The summed E-state index contributed by atoms with van der Waals surface area (Å²) >= 11 is 0. The van der Waals surface area contributed by atoms with Crippen LogP contribution in [0.4, 0.5) is 0 Å². The first kappa shape index (κ1) is 39.8. The van der Waals surface area contributed by atoms with E-state index >= 15 is 0 Å². The smallest absolute Gasteiger partial charge is 0.254 e. The molecule has 0 aromatic heterocycles. The molecule has 0 aromatic rings. The van der Waals surface area contributed by atoms with Crippen molar-refractivity contribution in [3.8, 4) is 0 Å². The van der Waals surface area contributed by atoms with Gasteiger partial charge in [0.05, 0.1) is 36.9 Å². The molecule has 0 spiro atoms. The molecule has 2 saturated heterocycles. The topological polar surface area (TPSA) is 406 Å². The summed E-state index contributed by atoms with van der Waals surface area (Å²) in [5.74, 6) is -1.38. The average Bonchev–Trinajstić information content (AvgIpc) is 3.71. The predicted molar refractivity (Wildman–Crippen MR) is 166 cm³/mol. The number of rotatable bonds is 14. The second-order valence-corrected chi connectivity index (χ2v) is 13.1. The van der Waals surface area contributed by atoms with E-state index in [1.54, 1.807) is 0 Å². The maximum absolute atomic E-state index is 13.2. The highest BCUT2D eigenvalue weighted by Gasteiger charge is 2.61. The molecule has 0 radical (unpaired) electrons. The summed E-state index contributed by atoms with van der Waals surface area (Å²) in [6.45, 7) is -0.830. The van der Waals surface area contributed by atoms with Gasteiger partial charge in [0.1, 0.15) is 54.9 Å². The maximum atomic E-state index is 13.2. The van der Waals surface area contributed by atoms with Crippen molar-refractivity contribution < 1.29 is 64.6 Å². The molecule has 2 saturated carbocycles. The minimum Gasteiger partial charge on any atom is -0.394 e. The zero-order chi connectivity index (χ0) is 36.4. The van der Waals surface area contributed by atoms with E-state index in [1.165, 1.54) is 0 Å². The number of aliphatic hydroxyl groups is 8. The van der Waals surface area contributed by atoms with Crippen molar-refractivity contribution in [2.45, 2.75) is 129 Å². The van der Waals surface area contributed by atoms with Crippen molar-refractivity contribution in [1.29, 1.82) is 5.41 Å². The Kier molecular flexibility index (Phi) is 13.5. The van der Waals surface area contributed by atoms with E-state index in [4.69, 9.17) is 53.0 Å². The molecule has 2 aliphatic heterocycles. The van der Waals surface area contributed by atoms with Crippen LogP contribution in [0.2, 0.25) is 0 Å². The van der Waals surface area contributed by atoms with E-state index < -0.39 is 128 Å². The highest BCUT2D eigenvalue weighted by atomic mass is 16.7. The molecule has 49 heavy (non-hydrogen) atoms. The molecular formula is C27H53N9O13. The summed E-state index contributed by atoms with van der Waals surface area (Å²) in [4.78, 5) is 13.2. The standard InChI is InChI=1S/C27H53N9O13/c28-2-1-8(38)6-34-15-19(42)17(40)11(5-29)46-23(15)48-21-9(30)3-10(35-25(44)27(45)4-13(27)36-26(32)33)22(20(21)43)49-24-18(41)14(31)16(39)12(7-37)47-24/h8-24,34,37-43,45H,1-7,28-31H2,(H,35,44)(H4,32,33,36)/t8?,9-,10+,11+,12+,13?,14-,15+,16+,17+,18+,19+,20-,21?,22-,23+,24+,27?/m0/s1. The minimum atomic E-state index is -1.97. The fourth-order valence-corrected chi connectivity index (χ4v) is 6.46. The van der Waals surface area contributed by atoms with Crippen LogP contribution in [0.25, 0.3) is 0 Å². The minimum absolute atomic E-state index is 0.0846. The average molecular weight is 712 g/mol. The molecular weight excluding hydrogens is 658 g/mol. The Hall–Kier alpha value is -1.94. The zero-order valence-electron chi connectivity index (χ0n) is 26.8. The van der Waals surface area contributed by atoms with E-state index in [0.717, 1.165) is 0 Å². The number of nitrogens with one attached hydrogen (secondary N) is 4. The van der Waals surface area contributed by atoms with Crippen molar-refractivity contribution in [2.75, 3.05) is 26.2 Å². The normalized spacial score (nSPS) is 46.1. The fourth-order valence-electron chi connectivity index (χ4n) is 6.46. The lowest BCUT2D eigenvalue weighted by Gasteiger charge is -2.49. The molecule has 4 fully saturated rings. The van der Waals surface area contributed by atoms with Crippen molar-refractivity contribution in [1.82, 2.24) is 16.0 Å². The van der Waals surface area contributed by atoms with Gasteiger partial charge in [0, 0.05) is 25.6 Å². The first-order valence-electron chi connectivity index (χ1n) is 16.2. The van der Waals surface area contributed by atoms with E-state index in [9.17, 15) is 45.6 Å². The Balaban J connectivity index is 1.59. The first-order valence-corrected chi connectivity index (χ1v) is 16.2. The zero-order valence-corrected chi connectivity index (χ0v) is 26.8. The van der Waals surface area contributed by atoms with Gasteiger partial charge in [-0.25, -0.2) is 0 Å². The number of nitrogens with two attached hydrogens (primary N) is 5. The monoisotopic (exact) mass is 711 g/mol. The van der Waals surface area contributed by atoms with Gasteiger partial charge in [-0.15, -0.1) is 0 Å². The van der Waals surface area contributed by atoms with E-state index in [-0.39, 0.29) is 38.9 Å². The summed E-state index contributed by atoms with van der Waals surface area (Å²) < 4.78 is 23.5. The first-order chi connectivity index (χ1) is 23.1. The third-order valence-corrected chi connectivity index (χ3v) is 9.53. The lowest BCUT2D eigenvalue weighted by Crippen LogP contribution is -2.70. The van der Waals surface area contributed by atoms with Gasteiger partial charge in [-0.05, 0) is 19.4 Å². The van der Waals surface area contributed by atoms with Crippen LogP contribution >= 0.6 is 0 Å². The second-order valence-electron chi connectivity index (χ2n) is 13.1. The van der Waals surface area contributed by atoms with E-state index in [2.05, 4.69) is 16.0 Å². The fraction of sp³-hybridized carbons (Fsp3) is 0.926. The molecule has 4 rings (SSSR count). The third-order valence-electron chi connectivity index (χ3n) is 9.53. The molecule has 22 heteroatoms. The molecule has 0 aromatic carbocycles. The quantitative estimate of drug-likeness (QED) is 0.0587. The van der Waals surface area contributed by atoms with Crippen LogP contribution in [-0.2, 0) is 23.7 Å². The Bertz CT molecular complexity index is 1120. The summed E-state index contributed by atoms with van der Waals surface area (Å²) in [5.41, 5.74) is 27.0. The van der Waals surface area contributed by atoms with Crippen LogP contribution in [0.3, 0.4) is 0 Å². The number of ether oxygens (including phenoxy) is 4. The lowest BCUT2D eigenvalue weighted by molar-refractivity contribution is -0.321. The van der Waals surface area contributed by atoms with Gasteiger partial charge < -0.3 is 104 Å². The highest BCUT2D eigenvalue weighted by molar-refractivity contribution is 5.91. The highest BCUT2D eigenvalue weighted by Crippen LogP contribution is 2.37. The summed E-state index contributed by atoms with van der Waals surface area (Å²) in [7, 11) is 0. The van der Waals surface area contributed by atoms with Crippen molar-refractivity contribution in [2.24, 2.45) is 28.7 Å². The molecule has 4 unspecified atom stereocenters. The van der Waals surface area contributed by atoms with Gasteiger partial charge in [-0.1, -0.05) is 0 Å². The molecule has 4 aliphatic rings. The summed E-state index contributed by atoms with van der Waals surface area (Å²) in [6, 6.07) is -5.65. The van der Waals surface area contributed by atoms with Crippen LogP contribution in [0.15, 0.2) is 0 Å². The molecule has 0 bridgehead atoms. The number of aliphatic hydroxyl groups excluding tert-OH is 7. The largest absolute Gasteiger partial charge is 0.394 e. The Morgan fingerprint density at radius 2 is 1.59 bits per heavy atom. The van der Waals surface area contributed by atoms with Crippen LogP contribution in [0, 0.1) is 5.41 Å². The van der Waals surface area contributed by atoms with Crippen LogP contribution in [-0.4, -0.2) is 188 Å². The third kappa shape index (κ3) is 8.75. The van der Waals surface area contributed by atoms with Gasteiger partial charge in [-0.2, -0.15) is 0 Å². The van der Waals surface area contributed by atoms with Crippen LogP contribution in [0.1, 0.15) is 19.3 Å². The van der Waals surface area contributed by atoms with E-state index in [0.29, 0.717) is 0 Å². The van der Waals surface area contributed by atoms with Crippen LogP contribution in [0.5, 0.6) is 0 Å². The Morgan fingerprint density at radius 3 is 2.20 bits per heavy atom. The molecule has 22 N–H and O–H groups in total. The van der Waals surface area contributed by atoms with Gasteiger partial charge >= 0.3 is 0 Å². The number of guanidine groups is 1. The Morgan fingerprint density at radius 1 is 0.939 bits per heavy atom. The number of carbonyl (C=O) groups is 1. The molecule has 284 valence electrons. The number of carbonyl (C=O) groups excluding carboxylic acids is 1. The molecule has 2 aliphatic carbocycles. The molecule has 2 heterocycles. The van der Waals surface area contributed by atoms with Crippen molar-refractivity contribution >= 4 is 11.9 Å². The maximum Gasteiger partial charge on any atom is 0.254 e. The molecule has 22 nitrogen and oxygen atoms in total.